The van der Waals surface area contributed by atoms with E-state index < -0.39 is 5.41 Å². The average molecular weight is 238 g/mol. The van der Waals surface area contributed by atoms with Crippen LogP contribution in [0.15, 0.2) is 54.6 Å². The first-order valence-corrected chi connectivity index (χ1v) is 6.12. The maximum absolute atomic E-state index is 12.6. The Morgan fingerprint density at radius 2 is 1.56 bits per heavy atom. The number of hydrogen-bond donors (Lipinski definition) is 1. The summed E-state index contributed by atoms with van der Waals surface area (Å²) < 4.78 is 0. The third kappa shape index (κ3) is 1.61. The first kappa shape index (κ1) is 11.0. The SMILES string of the molecule is O=C(c1ccccc1)C1(c2ccccc2O)CC1. The predicted molar refractivity (Wildman–Crippen MR) is 69.8 cm³/mol. The number of para-hydroxylation sites is 1. The Morgan fingerprint density at radius 3 is 2.17 bits per heavy atom. The average Bonchev–Trinajstić information content (AvgIpc) is 3.21. The van der Waals surface area contributed by atoms with Crippen molar-refractivity contribution in [3.63, 3.8) is 0 Å². The molecule has 1 saturated carbocycles. The lowest BCUT2D eigenvalue weighted by Gasteiger charge is -2.15. The summed E-state index contributed by atoms with van der Waals surface area (Å²) in [6, 6.07) is 16.5. The van der Waals surface area contributed by atoms with Gasteiger partial charge in [-0.1, -0.05) is 48.5 Å². The van der Waals surface area contributed by atoms with Crippen molar-refractivity contribution in [1.29, 1.82) is 0 Å². The van der Waals surface area contributed by atoms with Gasteiger partial charge in [-0.2, -0.15) is 0 Å². The van der Waals surface area contributed by atoms with Crippen molar-refractivity contribution in [2.45, 2.75) is 18.3 Å². The number of benzene rings is 2. The van der Waals surface area contributed by atoms with Crippen LogP contribution in [0.25, 0.3) is 0 Å². The zero-order valence-corrected chi connectivity index (χ0v) is 9.97. The summed E-state index contributed by atoms with van der Waals surface area (Å²) in [5.41, 5.74) is 0.990. The van der Waals surface area contributed by atoms with Crippen LogP contribution < -0.4 is 0 Å². The lowest BCUT2D eigenvalue weighted by molar-refractivity contribution is 0.0944. The van der Waals surface area contributed by atoms with Crippen molar-refractivity contribution in [3.05, 3.63) is 65.7 Å². The monoisotopic (exact) mass is 238 g/mol. The molecule has 1 aliphatic rings. The fourth-order valence-electron chi connectivity index (χ4n) is 2.49. The highest BCUT2D eigenvalue weighted by molar-refractivity contribution is 6.06. The van der Waals surface area contributed by atoms with Crippen molar-refractivity contribution in [2.24, 2.45) is 0 Å². The van der Waals surface area contributed by atoms with Gasteiger partial charge in [-0.3, -0.25) is 4.79 Å². The van der Waals surface area contributed by atoms with Crippen LogP contribution in [-0.4, -0.2) is 10.9 Å². The lowest BCUT2D eigenvalue weighted by Crippen LogP contribution is -2.20. The molecule has 1 fully saturated rings. The molecule has 2 aromatic rings. The van der Waals surface area contributed by atoms with E-state index in [-0.39, 0.29) is 11.5 Å². The highest BCUT2D eigenvalue weighted by Crippen LogP contribution is 2.52. The van der Waals surface area contributed by atoms with E-state index in [1.54, 1.807) is 12.1 Å². The van der Waals surface area contributed by atoms with E-state index in [1.165, 1.54) is 0 Å². The Labute approximate surface area is 106 Å². The van der Waals surface area contributed by atoms with Crippen molar-refractivity contribution in [2.75, 3.05) is 0 Å². The molecule has 0 amide bonds. The molecule has 0 unspecified atom stereocenters. The Hall–Kier alpha value is -2.09. The number of phenols is 1. The second kappa shape index (κ2) is 3.98. The first-order valence-electron chi connectivity index (χ1n) is 6.12. The van der Waals surface area contributed by atoms with E-state index in [2.05, 4.69) is 0 Å². The molecule has 0 heterocycles. The maximum atomic E-state index is 12.6. The normalized spacial score (nSPS) is 16.2. The fraction of sp³-hybridized carbons (Fsp3) is 0.188. The van der Waals surface area contributed by atoms with Crippen LogP contribution >= 0.6 is 0 Å². The third-order valence-electron chi connectivity index (χ3n) is 3.64. The largest absolute Gasteiger partial charge is 0.508 e. The number of hydrogen-bond acceptors (Lipinski definition) is 2. The maximum Gasteiger partial charge on any atom is 0.173 e. The van der Waals surface area contributed by atoms with Gasteiger partial charge in [0.25, 0.3) is 0 Å². The summed E-state index contributed by atoms with van der Waals surface area (Å²) in [7, 11) is 0. The molecule has 0 bridgehead atoms. The molecule has 2 heteroatoms. The molecule has 2 nitrogen and oxygen atoms in total. The van der Waals surface area contributed by atoms with Crippen LogP contribution in [0, 0.1) is 0 Å². The molecule has 0 aromatic heterocycles. The van der Waals surface area contributed by atoms with Gasteiger partial charge in [0, 0.05) is 11.1 Å². The van der Waals surface area contributed by atoms with Gasteiger partial charge in [0.15, 0.2) is 5.78 Å². The molecule has 0 radical (unpaired) electrons. The molecule has 90 valence electrons. The minimum atomic E-state index is -0.493. The second-order valence-corrected chi connectivity index (χ2v) is 4.79. The quantitative estimate of drug-likeness (QED) is 0.833. The smallest absolute Gasteiger partial charge is 0.173 e. The molecule has 2 aromatic carbocycles. The topological polar surface area (TPSA) is 37.3 Å². The third-order valence-corrected chi connectivity index (χ3v) is 3.64. The zero-order chi connectivity index (χ0) is 12.6. The van der Waals surface area contributed by atoms with Gasteiger partial charge in [-0.25, -0.2) is 0 Å². The molecule has 3 rings (SSSR count). The van der Waals surface area contributed by atoms with Crippen LogP contribution in [0.4, 0.5) is 0 Å². The molecule has 18 heavy (non-hydrogen) atoms. The Balaban J connectivity index is 2.02. The summed E-state index contributed by atoms with van der Waals surface area (Å²) in [6.07, 6.45) is 1.64. The number of aromatic hydroxyl groups is 1. The Morgan fingerprint density at radius 1 is 0.944 bits per heavy atom. The number of rotatable bonds is 3. The fourth-order valence-corrected chi connectivity index (χ4v) is 2.49. The lowest BCUT2D eigenvalue weighted by atomic mass is 9.87. The van der Waals surface area contributed by atoms with Crippen molar-refractivity contribution >= 4 is 5.78 Å². The van der Waals surface area contributed by atoms with Crippen LogP contribution in [0.1, 0.15) is 28.8 Å². The predicted octanol–water partition coefficient (Wildman–Crippen LogP) is 3.31. The van der Waals surface area contributed by atoms with Gasteiger partial charge < -0.3 is 5.11 Å². The molecule has 0 spiro atoms. The van der Waals surface area contributed by atoms with Gasteiger partial charge in [0.2, 0.25) is 0 Å². The van der Waals surface area contributed by atoms with E-state index >= 15 is 0 Å². The molecular formula is C16H14O2. The van der Waals surface area contributed by atoms with Gasteiger partial charge in [0.05, 0.1) is 5.41 Å². The summed E-state index contributed by atoms with van der Waals surface area (Å²) in [4.78, 5) is 12.6. The first-order chi connectivity index (χ1) is 8.74. The minimum Gasteiger partial charge on any atom is -0.508 e. The summed E-state index contributed by atoms with van der Waals surface area (Å²) in [6.45, 7) is 0. The summed E-state index contributed by atoms with van der Waals surface area (Å²) >= 11 is 0. The number of ketones is 1. The highest BCUT2D eigenvalue weighted by atomic mass is 16.3. The molecule has 0 atom stereocenters. The van der Waals surface area contributed by atoms with Crippen LogP contribution in [0.3, 0.4) is 0 Å². The Kier molecular flexibility index (Phi) is 2.44. The second-order valence-electron chi connectivity index (χ2n) is 4.79. The van der Waals surface area contributed by atoms with Crippen molar-refractivity contribution in [1.82, 2.24) is 0 Å². The van der Waals surface area contributed by atoms with E-state index in [1.807, 2.05) is 42.5 Å². The zero-order valence-electron chi connectivity index (χ0n) is 9.97. The number of carbonyl (C=O) groups is 1. The number of carbonyl (C=O) groups excluding carboxylic acids is 1. The standard InChI is InChI=1S/C16H14O2/c17-14-9-5-4-8-13(14)16(10-11-16)15(18)12-6-2-1-3-7-12/h1-9,17H,10-11H2. The van der Waals surface area contributed by atoms with Gasteiger partial charge >= 0.3 is 0 Å². The summed E-state index contributed by atoms with van der Waals surface area (Å²) in [5, 5.41) is 9.93. The van der Waals surface area contributed by atoms with Crippen LogP contribution in [0.2, 0.25) is 0 Å². The number of Topliss-reactive ketones (excluding diaryl/α,β-unsaturated/α-hetero) is 1. The van der Waals surface area contributed by atoms with Gasteiger partial charge in [-0.15, -0.1) is 0 Å². The van der Waals surface area contributed by atoms with E-state index in [9.17, 15) is 9.90 Å². The van der Waals surface area contributed by atoms with E-state index in [0.717, 1.165) is 24.0 Å². The van der Waals surface area contributed by atoms with Crippen LogP contribution in [-0.2, 0) is 5.41 Å². The van der Waals surface area contributed by atoms with Crippen LogP contribution in [0.5, 0.6) is 5.75 Å². The molecule has 1 N–H and O–H groups in total. The Bertz CT molecular complexity index is 583. The van der Waals surface area contributed by atoms with E-state index in [0.29, 0.717) is 0 Å². The van der Waals surface area contributed by atoms with Gasteiger partial charge in [0.1, 0.15) is 5.75 Å². The molecule has 0 saturated heterocycles. The van der Waals surface area contributed by atoms with Crippen molar-refractivity contribution in [3.8, 4) is 5.75 Å². The van der Waals surface area contributed by atoms with E-state index in [4.69, 9.17) is 0 Å². The molecule has 1 aliphatic carbocycles. The summed E-state index contributed by atoms with van der Waals surface area (Å²) in [5.74, 6) is 0.337. The minimum absolute atomic E-state index is 0.115. The molecule has 0 aliphatic heterocycles. The van der Waals surface area contributed by atoms with Gasteiger partial charge in [-0.05, 0) is 18.9 Å². The highest BCUT2D eigenvalue weighted by Gasteiger charge is 2.52. The van der Waals surface area contributed by atoms with Crippen molar-refractivity contribution < 1.29 is 9.90 Å². The molecular weight excluding hydrogens is 224 g/mol. The number of phenolic OH excluding ortho intramolecular Hbond substituents is 1.